The molecule has 1 aliphatic rings. The van der Waals surface area contributed by atoms with Gasteiger partial charge < -0.3 is 15.5 Å². The van der Waals surface area contributed by atoms with Gasteiger partial charge in [-0.3, -0.25) is 9.79 Å². The molecule has 10 heteroatoms. The van der Waals surface area contributed by atoms with Crippen molar-refractivity contribution in [1.29, 1.82) is 0 Å². The SMILES string of the molecule is CN=C(NCc1c(F)c(F)cc(F)c1F)NCC1(C(=O)N(C)C)CCCC1.I. The number of nitrogens with one attached hydrogen (secondary N) is 2. The fraction of sp³-hybridized carbons (Fsp3) is 0.556. The summed E-state index contributed by atoms with van der Waals surface area (Å²) in [6.07, 6.45) is 3.33. The number of rotatable bonds is 5. The van der Waals surface area contributed by atoms with Crippen LogP contribution in [-0.2, 0) is 11.3 Å². The first-order valence-electron chi connectivity index (χ1n) is 8.70. The van der Waals surface area contributed by atoms with E-state index in [1.54, 1.807) is 19.0 Å². The molecule has 5 nitrogen and oxygen atoms in total. The van der Waals surface area contributed by atoms with Gasteiger partial charge in [0.05, 0.1) is 5.41 Å². The molecule has 1 fully saturated rings. The normalized spacial score (nSPS) is 15.8. The molecule has 1 aromatic carbocycles. The maximum Gasteiger partial charge on any atom is 0.230 e. The summed E-state index contributed by atoms with van der Waals surface area (Å²) in [6, 6.07) is 0.165. The van der Waals surface area contributed by atoms with Crippen LogP contribution in [0, 0.1) is 28.7 Å². The van der Waals surface area contributed by atoms with Crippen molar-refractivity contribution in [3.05, 3.63) is 34.9 Å². The topological polar surface area (TPSA) is 56.7 Å². The Labute approximate surface area is 179 Å². The molecule has 2 rings (SSSR count). The maximum atomic E-state index is 13.8. The van der Waals surface area contributed by atoms with Crippen LogP contribution in [0.4, 0.5) is 17.6 Å². The molecule has 0 bridgehead atoms. The van der Waals surface area contributed by atoms with Gasteiger partial charge in [-0.2, -0.15) is 0 Å². The quantitative estimate of drug-likeness (QED) is 0.208. The van der Waals surface area contributed by atoms with Gasteiger partial charge in [0.15, 0.2) is 29.2 Å². The lowest BCUT2D eigenvalue weighted by Crippen LogP contribution is -2.49. The average Bonchev–Trinajstić information content (AvgIpc) is 3.11. The van der Waals surface area contributed by atoms with Crippen LogP contribution >= 0.6 is 24.0 Å². The van der Waals surface area contributed by atoms with E-state index in [9.17, 15) is 22.4 Å². The summed E-state index contributed by atoms with van der Waals surface area (Å²) in [5, 5.41) is 5.62. The highest BCUT2D eigenvalue weighted by Crippen LogP contribution is 2.38. The number of hydrogen-bond donors (Lipinski definition) is 2. The number of amides is 1. The zero-order chi connectivity index (χ0) is 20.2. The van der Waals surface area contributed by atoms with Crippen molar-refractivity contribution in [3.8, 4) is 0 Å². The standard InChI is InChI=1S/C18H24F4N4O.HI/c1-23-17(24-9-11-14(21)12(19)8-13(20)15(11)22)25-10-18(6-4-5-7-18)16(27)26(2)3;/h8H,4-7,9-10H2,1-3H3,(H2,23,24,25);1H. The van der Waals surface area contributed by atoms with Crippen LogP contribution in [0.5, 0.6) is 0 Å². The summed E-state index contributed by atoms with van der Waals surface area (Å²) in [4.78, 5) is 18.0. The van der Waals surface area contributed by atoms with Crippen LogP contribution in [0.1, 0.15) is 31.2 Å². The summed E-state index contributed by atoms with van der Waals surface area (Å²) >= 11 is 0. The van der Waals surface area contributed by atoms with Crippen molar-refractivity contribution < 1.29 is 22.4 Å². The summed E-state index contributed by atoms with van der Waals surface area (Å²) < 4.78 is 54.1. The van der Waals surface area contributed by atoms with Crippen molar-refractivity contribution >= 4 is 35.8 Å². The number of nitrogens with zero attached hydrogens (tertiary/aromatic N) is 2. The van der Waals surface area contributed by atoms with Gasteiger partial charge in [-0.05, 0) is 12.8 Å². The van der Waals surface area contributed by atoms with E-state index >= 15 is 0 Å². The van der Waals surface area contributed by atoms with E-state index in [4.69, 9.17) is 0 Å². The van der Waals surface area contributed by atoms with Crippen molar-refractivity contribution in [2.75, 3.05) is 27.7 Å². The van der Waals surface area contributed by atoms with Crippen molar-refractivity contribution in [2.24, 2.45) is 10.4 Å². The second-order valence-corrected chi connectivity index (χ2v) is 6.91. The molecule has 28 heavy (non-hydrogen) atoms. The minimum absolute atomic E-state index is 0. The lowest BCUT2D eigenvalue weighted by atomic mass is 9.84. The van der Waals surface area contributed by atoms with Crippen LogP contribution in [0.2, 0.25) is 0 Å². The third-order valence-electron chi connectivity index (χ3n) is 4.87. The predicted octanol–water partition coefficient (Wildman–Crippen LogP) is 3.17. The molecule has 0 unspecified atom stereocenters. The molecule has 0 radical (unpaired) electrons. The number of carbonyl (C=O) groups excluding carboxylic acids is 1. The van der Waals surface area contributed by atoms with Gasteiger partial charge in [0.2, 0.25) is 5.91 Å². The minimum Gasteiger partial charge on any atom is -0.355 e. The Morgan fingerprint density at radius 2 is 1.64 bits per heavy atom. The molecule has 1 amide bonds. The van der Waals surface area contributed by atoms with E-state index in [1.807, 2.05) is 0 Å². The minimum atomic E-state index is -1.46. The van der Waals surface area contributed by atoms with E-state index < -0.39 is 40.8 Å². The Hall–Kier alpha value is -1.59. The van der Waals surface area contributed by atoms with Crippen molar-refractivity contribution in [1.82, 2.24) is 15.5 Å². The Bertz CT molecular complexity index is 711. The van der Waals surface area contributed by atoms with E-state index in [0.717, 1.165) is 25.7 Å². The summed E-state index contributed by atoms with van der Waals surface area (Å²) in [5.74, 6) is -5.65. The second-order valence-electron chi connectivity index (χ2n) is 6.91. The first-order chi connectivity index (χ1) is 12.7. The molecule has 0 spiro atoms. The monoisotopic (exact) mass is 516 g/mol. The molecule has 158 valence electrons. The van der Waals surface area contributed by atoms with Gasteiger partial charge in [0.1, 0.15) is 0 Å². The predicted molar refractivity (Wildman–Crippen MR) is 109 cm³/mol. The number of guanidine groups is 1. The molecular formula is C18H25F4IN4O. The van der Waals surface area contributed by atoms with E-state index in [1.165, 1.54) is 7.05 Å². The first kappa shape index (κ1) is 24.4. The fourth-order valence-electron chi connectivity index (χ4n) is 3.42. The third kappa shape index (κ3) is 5.26. The molecule has 1 aromatic rings. The van der Waals surface area contributed by atoms with Crippen molar-refractivity contribution in [3.63, 3.8) is 0 Å². The van der Waals surface area contributed by atoms with E-state index in [2.05, 4.69) is 15.6 Å². The van der Waals surface area contributed by atoms with Gasteiger partial charge in [0.25, 0.3) is 0 Å². The molecule has 0 atom stereocenters. The highest BCUT2D eigenvalue weighted by molar-refractivity contribution is 14.0. The van der Waals surface area contributed by atoms with Gasteiger partial charge in [-0.25, -0.2) is 17.6 Å². The number of hydrogen-bond acceptors (Lipinski definition) is 2. The first-order valence-corrected chi connectivity index (χ1v) is 8.70. The van der Waals surface area contributed by atoms with Gasteiger partial charge >= 0.3 is 0 Å². The number of carbonyl (C=O) groups is 1. The summed E-state index contributed by atoms with van der Waals surface area (Å²) in [5.41, 5.74) is -1.32. The Morgan fingerprint density at radius 3 is 2.11 bits per heavy atom. The fourth-order valence-corrected chi connectivity index (χ4v) is 3.42. The van der Waals surface area contributed by atoms with Gasteiger partial charge in [0, 0.05) is 45.9 Å². The zero-order valence-electron chi connectivity index (χ0n) is 16.0. The van der Waals surface area contributed by atoms with E-state index in [-0.39, 0.29) is 41.9 Å². The Kier molecular flexibility index (Phi) is 8.96. The maximum absolute atomic E-state index is 13.8. The molecule has 0 aromatic heterocycles. The van der Waals surface area contributed by atoms with Gasteiger partial charge in [-0.1, -0.05) is 12.8 Å². The van der Waals surface area contributed by atoms with Crippen LogP contribution in [0.25, 0.3) is 0 Å². The molecule has 0 heterocycles. The summed E-state index contributed by atoms with van der Waals surface area (Å²) in [7, 11) is 4.84. The van der Waals surface area contributed by atoms with Gasteiger partial charge in [-0.15, -0.1) is 24.0 Å². The number of benzene rings is 1. The second kappa shape index (κ2) is 10.3. The third-order valence-corrected chi connectivity index (χ3v) is 4.87. The summed E-state index contributed by atoms with van der Waals surface area (Å²) in [6.45, 7) is -0.202. The van der Waals surface area contributed by atoms with Crippen molar-refractivity contribution in [2.45, 2.75) is 32.2 Å². The van der Waals surface area contributed by atoms with Crippen LogP contribution < -0.4 is 10.6 Å². The lowest BCUT2D eigenvalue weighted by molar-refractivity contribution is -0.138. The van der Waals surface area contributed by atoms with Crippen LogP contribution in [0.15, 0.2) is 11.1 Å². The molecule has 1 aliphatic carbocycles. The smallest absolute Gasteiger partial charge is 0.230 e. The molecule has 0 aliphatic heterocycles. The molecule has 2 N–H and O–H groups in total. The van der Waals surface area contributed by atoms with Crippen LogP contribution in [0.3, 0.4) is 0 Å². The zero-order valence-corrected chi connectivity index (χ0v) is 18.4. The number of aliphatic imine (C=N–C) groups is 1. The van der Waals surface area contributed by atoms with Crippen LogP contribution in [-0.4, -0.2) is 44.5 Å². The molecule has 0 saturated heterocycles. The molecule has 1 saturated carbocycles. The largest absolute Gasteiger partial charge is 0.355 e. The highest BCUT2D eigenvalue weighted by Gasteiger charge is 2.42. The Balaban J connectivity index is 0.00000392. The van der Waals surface area contributed by atoms with E-state index in [0.29, 0.717) is 6.54 Å². The molecular weight excluding hydrogens is 491 g/mol. The number of halogens is 5. The average molecular weight is 516 g/mol. The lowest BCUT2D eigenvalue weighted by Gasteiger charge is -2.31. The highest BCUT2D eigenvalue weighted by atomic mass is 127. The Morgan fingerprint density at radius 1 is 1.11 bits per heavy atom.